The predicted octanol–water partition coefficient (Wildman–Crippen LogP) is 5.39. The number of hydrogen-bond acceptors (Lipinski definition) is 0. The molecule has 124 valence electrons. The molecule has 1 aliphatic heterocycles. The van der Waals surface area contributed by atoms with E-state index in [4.69, 9.17) is 11.6 Å². The van der Waals surface area contributed by atoms with Crippen LogP contribution in [0.25, 0.3) is 16.9 Å². The minimum atomic E-state index is 0. The van der Waals surface area contributed by atoms with E-state index >= 15 is 0 Å². The summed E-state index contributed by atoms with van der Waals surface area (Å²) in [5, 5.41) is 0.779. The molecule has 0 saturated heterocycles. The lowest BCUT2D eigenvalue weighted by Crippen LogP contribution is -2.35. The van der Waals surface area contributed by atoms with Crippen LogP contribution in [0.5, 0.6) is 0 Å². The maximum atomic E-state index is 6.08. The second-order valence-electron chi connectivity index (χ2n) is 6.11. The molecule has 4 heteroatoms. The summed E-state index contributed by atoms with van der Waals surface area (Å²) in [6.45, 7) is 1.11. The van der Waals surface area contributed by atoms with E-state index in [0.29, 0.717) is 0 Å². The Kier molecular flexibility index (Phi) is 5.42. The van der Waals surface area contributed by atoms with E-state index in [1.165, 1.54) is 42.0 Å². The number of aromatic nitrogens is 2. The van der Waals surface area contributed by atoms with Crippen LogP contribution in [0, 0.1) is 0 Å². The summed E-state index contributed by atoms with van der Waals surface area (Å²) in [7, 11) is 0. The maximum Gasteiger partial charge on any atom is 0.262 e. The fourth-order valence-corrected chi connectivity index (χ4v) is 3.56. The van der Waals surface area contributed by atoms with Crippen LogP contribution >= 0.6 is 28.6 Å². The van der Waals surface area contributed by atoms with Crippen molar-refractivity contribution in [2.45, 2.75) is 32.2 Å². The van der Waals surface area contributed by atoms with Crippen LogP contribution in [0.1, 0.15) is 25.1 Å². The minimum Gasteiger partial charge on any atom is -0.233 e. The third kappa shape index (κ3) is 3.28. The SMILES string of the molecule is Br.Clc1ccc(-n2c(-c3ccccc3)c[n+]3c2CCCCC3)cc1. The van der Waals surface area contributed by atoms with E-state index in [0.717, 1.165) is 18.0 Å². The summed E-state index contributed by atoms with van der Waals surface area (Å²) in [6, 6.07) is 18.8. The quantitative estimate of drug-likeness (QED) is 0.506. The molecule has 0 saturated carbocycles. The van der Waals surface area contributed by atoms with Gasteiger partial charge in [-0.25, -0.2) is 4.57 Å². The molecule has 0 bridgehead atoms. The predicted molar refractivity (Wildman–Crippen MR) is 104 cm³/mol. The Morgan fingerprint density at radius 3 is 2.38 bits per heavy atom. The molecule has 4 rings (SSSR count). The van der Waals surface area contributed by atoms with Gasteiger partial charge in [-0.1, -0.05) is 41.9 Å². The van der Waals surface area contributed by atoms with E-state index in [9.17, 15) is 0 Å². The van der Waals surface area contributed by atoms with Crippen LogP contribution in [-0.4, -0.2) is 4.57 Å². The first kappa shape index (κ1) is 17.2. The number of halogens is 2. The van der Waals surface area contributed by atoms with Gasteiger partial charge >= 0.3 is 0 Å². The number of aryl methyl sites for hydroxylation is 1. The number of fused-ring (bicyclic) bond motifs is 1. The van der Waals surface area contributed by atoms with Crippen molar-refractivity contribution >= 4 is 28.6 Å². The Hall–Kier alpha value is -1.58. The molecule has 2 aromatic carbocycles. The van der Waals surface area contributed by atoms with Crippen molar-refractivity contribution in [2.24, 2.45) is 0 Å². The van der Waals surface area contributed by atoms with Crippen molar-refractivity contribution in [3.63, 3.8) is 0 Å². The fraction of sp³-hybridized carbons (Fsp3) is 0.250. The Morgan fingerprint density at radius 1 is 0.875 bits per heavy atom. The zero-order chi connectivity index (χ0) is 15.6. The lowest BCUT2D eigenvalue weighted by atomic mass is 10.1. The molecule has 3 aromatic rings. The first-order chi connectivity index (χ1) is 11.3. The third-order valence-corrected chi connectivity index (χ3v) is 4.81. The number of rotatable bonds is 2. The van der Waals surface area contributed by atoms with Crippen LogP contribution < -0.4 is 4.57 Å². The topological polar surface area (TPSA) is 8.81 Å². The average molecular weight is 405 g/mol. The lowest BCUT2D eigenvalue weighted by Gasteiger charge is -2.05. The summed E-state index contributed by atoms with van der Waals surface area (Å²) >= 11 is 6.08. The molecule has 2 nitrogen and oxygen atoms in total. The highest BCUT2D eigenvalue weighted by Crippen LogP contribution is 2.27. The summed E-state index contributed by atoms with van der Waals surface area (Å²) in [4.78, 5) is 0. The zero-order valence-corrected chi connectivity index (χ0v) is 16.0. The number of imidazole rings is 1. The number of nitrogens with zero attached hydrogens (tertiary/aromatic N) is 2. The van der Waals surface area contributed by atoms with Crippen molar-refractivity contribution in [1.82, 2.24) is 4.57 Å². The highest BCUT2D eigenvalue weighted by atomic mass is 79.9. The van der Waals surface area contributed by atoms with Crippen LogP contribution in [0.4, 0.5) is 0 Å². The molecule has 0 spiro atoms. The largest absolute Gasteiger partial charge is 0.262 e. The van der Waals surface area contributed by atoms with Gasteiger partial charge in [0, 0.05) is 17.0 Å². The summed E-state index contributed by atoms with van der Waals surface area (Å²) in [6.07, 6.45) is 7.26. The molecule has 0 atom stereocenters. The van der Waals surface area contributed by atoms with E-state index in [1.54, 1.807) is 0 Å². The van der Waals surface area contributed by atoms with Crippen LogP contribution in [0.2, 0.25) is 5.02 Å². The Balaban J connectivity index is 0.00000169. The van der Waals surface area contributed by atoms with Crippen LogP contribution in [0.15, 0.2) is 60.8 Å². The van der Waals surface area contributed by atoms with Crippen molar-refractivity contribution < 1.29 is 4.57 Å². The lowest BCUT2D eigenvalue weighted by molar-refractivity contribution is -0.702. The van der Waals surface area contributed by atoms with Gasteiger partial charge in [-0.15, -0.1) is 17.0 Å². The summed E-state index contributed by atoms with van der Waals surface area (Å²) in [5.41, 5.74) is 3.69. The van der Waals surface area contributed by atoms with Crippen LogP contribution in [-0.2, 0) is 13.0 Å². The van der Waals surface area contributed by atoms with E-state index < -0.39 is 0 Å². The van der Waals surface area contributed by atoms with Gasteiger partial charge in [-0.3, -0.25) is 0 Å². The van der Waals surface area contributed by atoms with Gasteiger partial charge in [-0.2, -0.15) is 4.57 Å². The molecule has 1 aromatic heterocycles. The molecule has 0 N–H and O–H groups in total. The van der Waals surface area contributed by atoms with Gasteiger partial charge in [0.1, 0.15) is 11.9 Å². The van der Waals surface area contributed by atoms with Gasteiger partial charge in [0.05, 0.1) is 6.54 Å². The molecular weight excluding hydrogens is 384 g/mol. The van der Waals surface area contributed by atoms with Crippen molar-refractivity contribution in [3.8, 4) is 16.9 Å². The van der Waals surface area contributed by atoms with Gasteiger partial charge in [0.2, 0.25) is 0 Å². The minimum absolute atomic E-state index is 0. The van der Waals surface area contributed by atoms with E-state index in [-0.39, 0.29) is 17.0 Å². The number of hydrogen-bond donors (Lipinski definition) is 0. The van der Waals surface area contributed by atoms with Gasteiger partial charge in [0.25, 0.3) is 5.82 Å². The van der Waals surface area contributed by atoms with E-state index in [1.807, 2.05) is 12.1 Å². The monoisotopic (exact) mass is 403 g/mol. The molecule has 0 aliphatic carbocycles. The van der Waals surface area contributed by atoms with Gasteiger partial charge < -0.3 is 0 Å². The molecule has 0 unspecified atom stereocenters. The molecule has 2 heterocycles. The number of benzene rings is 2. The average Bonchev–Trinajstić information content (AvgIpc) is 2.79. The van der Waals surface area contributed by atoms with E-state index in [2.05, 4.69) is 57.8 Å². The van der Waals surface area contributed by atoms with Crippen molar-refractivity contribution in [2.75, 3.05) is 0 Å². The fourth-order valence-electron chi connectivity index (χ4n) is 3.43. The standard InChI is InChI=1S/C20H20ClN2.BrH/c21-17-10-12-18(13-11-17)23-19(16-7-3-1-4-8-16)15-22-14-6-2-5-9-20(22)23;/h1,3-4,7-8,10-13,15H,2,5-6,9,14H2;1H/q+1;. The Morgan fingerprint density at radius 2 is 1.62 bits per heavy atom. The van der Waals surface area contributed by atoms with Gasteiger partial charge in [-0.05, 0) is 43.5 Å². The first-order valence-electron chi connectivity index (χ1n) is 8.28. The highest BCUT2D eigenvalue weighted by molar-refractivity contribution is 8.93. The van der Waals surface area contributed by atoms with Crippen molar-refractivity contribution in [3.05, 3.63) is 71.6 Å². The third-order valence-electron chi connectivity index (χ3n) is 4.56. The summed E-state index contributed by atoms with van der Waals surface area (Å²) < 4.78 is 4.83. The maximum absolute atomic E-state index is 6.08. The first-order valence-corrected chi connectivity index (χ1v) is 8.66. The molecule has 1 aliphatic rings. The molecule has 0 amide bonds. The van der Waals surface area contributed by atoms with Gasteiger partial charge in [0.15, 0.2) is 5.69 Å². The van der Waals surface area contributed by atoms with Crippen molar-refractivity contribution in [1.29, 1.82) is 0 Å². The van der Waals surface area contributed by atoms with Crippen LogP contribution in [0.3, 0.4) is 0 Å². The molecule has 0 radical (unpaired) electrons. The molecule has 24 heavy (non-hydrogen) atoms. The molecular formula is C20H21BrClN2+. The zero-order valence-electron chi connectivity index (χ0n) is 13.5. The highest BCUT2D eigenvalue weighted by Gasteiger charge is 2.26. The Labute approximate surface area is 158 Å². The smallest absolute Gasteiger partial charge is 0.233 e. The second-order valence-corrected chi connectivity index (χ2v) is 6.55. The summed E-state index contributed by atoms with van der Waals surface area (Å²) in [5.74, 6) is 1.39. The Bertz CT molecular complexity index is 810. The normalized spacial score (nSPS) is 13.7. The second kappa shape index (κ2) is 7.54. The molecule has 0 fully saturated rings.